The summed E-state index contributed by atoms with van der Waals surface area (Å²) >= 11 is 0. The number of hydrogen-bond donors (Lipinski definition) is 2. The van der Waals surface area contributed by atoms with Crippen molar-refractivity contribution in [2.45, 2.75) is 30.9 Å². The highest BCUT2D eigenvalue weighted by atomic mass is 16.5. The molecule has 2 aromatic rings. The summed E-state index contributed by atoms with van der Waals surface area (Å²) in [6.07, 6.45) is 3.09. The van der Waals surface area contributed by atoms with Crippen LogP contribution in [-0.2, 0) is 5.60 Å². The molecule has 0 saturated carbocycles. The van der Waals surface area contributed by atoms with Crippen LogP contribution in [0.25, 0.3) is 0 Å². The number of methoxy groups -OCH3 is 3. The maximum atomic E-state index is 12.0. The van der Waals surface area contributed by atoms with E-state index in [-0.39, 0.29) is 6.04 Å². The van der Waals surface area contributed by atoms with Gasteiger partial charge in [-0.1, -0.05) is 36.8 Å². The average molecular weight is 357 g/mol. The molecular weight excluding hydrogens is 330 g/mol. The third-order valence-electron chi connectivity index (χ3n) is 5.13. The first-order chi connectivity index (χ1) is 12.6. The lowest BCUT2D eigenvalue weighted by Gasteiger charge is -2.40. The Morgan fingerprint density at radius 1 is 0.923 bits per heavy atom. The molecule has 2 atom stereocenters. The molecule has 1 heterocycles. The molecule has 140 valence electrons. The molecule has 0 aliphatic carbocycles. The Morgan fingerprint density at radius 3 is 2.08 bits per heavy atom. The normalized spacial score (nSPS) is 19.5. The van der Waals surface area contributed by atoms with Crippen LogP contribution in [0.15, 0.2) is 42.5 Å². The molecular formula is C21H27NO4. The number of piperidine rings is 1. The Balaban J connectivity index is 2.19. The maximum absolute atomic E-state index is 12.0. The van der Waals surface area contributed by atoms with Gasteiger partial charge in [-0.3, -0.25) is 0 Å². The molecule has 1 aliphatic rings. The molecule has 1 saturated heterocycles. The molecule has 0 bridgehead atoms. The van der Waals surface area contributed by atoms with Gasteiger partial charge < -0.3 is 24.6 Å². The van der Waals surface area contributed by atoms with Gasteiger partial charge in [-0.15, -0.1) is 0 Å². The molecule has 1 aliphatic heterocycles. The van der Waals surface area contributed by atoms with Crippen molar-refractivity contribution in [1.29, 1.82) is 0 Å². The van der Waals surface area contributed by atoms with Gasteiger partial charge in [-0.05, 0) is 42.6 Å². The van der Waals surface area contributed by atoms with Crippen molar-refractivity contribution in [1.82, 2.24) is 5.32 Å². The molecule has 0 amide bonds. The zero-order chi connectivity index (χ0) is 18.6. The summed E-state index contributed by atoms with van der Waals surface area (Å²) in [5, 5.41) is 15.5. The minimum Gasteiger partial charge on any atom is -0.493 e. The monoisotopic (exact) mass is 357 g/mol. The van der Waals surface area contributed by atoms with Crippen molar-refractivity contribution in [2.75, 3.05) is 27.9 Å². The second-order valence-electron chi connectivity index (χ2n) is 6.55. The van der Waals surface area contributed by atoms with Crippen molar-refractivity contribution >= 4 is 0 Å². The minimum absolute atomic E-state index is 0.0959. The van der Waals surface area contributed by atoms with E-state index in [0.29, 0.717) is 17.2 Å². The standard InChI is InChI=1S/C21H27NO4/c1-24-17-13-16(14-18(25-2)20(17)26-3)21(23,15-9-5-4-6-10-15)19-11-7-8-12-22-19/h4-6,9-10,13-14,19,22-23H,7-8,11-12H2,1-3H3/t19-,21-/m0/s1. The largest absolute Gasteiger partial charge is 0.493 e. The van der Waals surface area contributed by atoms with Crippen LogP contribution in [0.2, 0.25) is 0 Å². The van der Waals surface area contributed by atoms with Crippen LogP contribution in [-0.4, -0.2) is 39.0 Å². The first-order valence-corrected chi connectivity index (χ1v) is 8.97. The first-order valence-electron chi connectivity index (χ1n) is 8.97. The molecule has 5 heteroatoms. The summed E-state index contributed by atoms with van der Waals surface area (Å²) in [7, 11) is 4.75. The van der Waals surface area contributed by atoms with E-state index in [1.54, 1.807) is 21.3 Å². The molecule has 0 aromatic heterocycles. The molecule has 2 N–H and O–H groups in total. The smallest absolute Gasteiger partial charge is 0.203 e. The molecule has 0 unspecified atom stereocenters. The summed E-state index contributed by atoms with van der Waals surface area (Å²) < 4.78 is 16.4. The number of rotatable bonds is 6. The molecule has 26 heavy (non-hydrogen) atoms. The van der Waals surface area contributed by atoms with E-state index < -0.39 is 5.60 Å². The second kappa shape index (κ2) is 7.98. The minimum atomic E-state index is -1.20. The summed E-state index contributed by atoms with van der Waals surface area (Å²) in [6, 6.07) is 13.3. The highest BCUT2D eigenvalue weighted by Crippen LogP contribution is 2.44. The first kappa shape index (κ1) is 18.5. The topological polar surface area (TPSA) is 60.0 Å². The Bertz CT molecular complexity index is 703. The summed E-state index contributed by atoms with van der Waals surface area (Å²) in [4.78, 5) is 0. The molecule has 1 fully saturated rings. The SMILES string of the molecule is COc1cc([C@@](O)(c2ccccc2)[C@@H]2CCCCN2)cc(OC)c1OC. The third kappa shape index (κ3) is 3.24. The lowest BCUT2D eigenvalue weighted by Crippen LogP contribution is -2.51. The van der Waals surface area contributed by atoms with Crippen LogP contribution in [0, 0.1) is 0 Å². The molecule has 3 rings (SSSR count). The lowest BCUT2D eigenvalue weighted by molar-refractivity contribution is 0.0264. The predicted molar refractivity (Wildman–Crippen MR) is 101 cm³/mol. The Morgan fingerprint density at radius 2 is 1.58 bits per heavy atom. The van der Waals surface area contributed by atoms with E-state index in [9.17, 15) is 5.11 Å². The second-order valence-corrected chi connectivity index (χ2v) is 6.55. The average Bonchev–Trinajstić information content (AvgIpc) is 2.73. The van der Waals surface area contributed by atoms with E-state index in [0.717, 1.165) is 36.9 Å². The summed E-state index contributed by atoms with van der Waals surface area (Å²) in [5.41, 5.74) is 0.361. The summed E-state index contributed by atoms with van der Waals surface area (Å²) in [5.74, 6) is 1.59. The van der Waals surface area contributed by atoms with Gasteiger partial charge in [0, 0.05) is 6.04 Å². The van der Waals surface area contributed by atoms with E-state index in [2.05, 4.69) is 5.32 Å². The van der Waals surface area contributed by atoms with Gasteiger partial charge in [0.2, 0.25) is 5.75 Å². The highest BCUT2D eigenvalue weighted by Gasteiger charge is 2.41. The van der Waals surface area contributed by atoms with Crippen LogP contribution < -0.4 is 19.5 Å². The number of aliphatic hydroxyl groups is 1. The van der Waals surface area contributed by atoms with Crippen LogP contribution >= 0.6 is 0 Å². The van der Waals surface area contributed by atoms with Crippen molar-refractivity contribution in [3.05, 3.63) is 53.6 Å². The molecule has 0 spiro atoms. The molecule has 5 nitrogen and oxygen atoms in total. The van der Waals surface area contributed by atoms with Gasteiger partial charge in [0.15, 0.2) is 11.5 Å². The van der Waals surface area contributed by atoms with Crippen molar-refractivity contribution < 1.29 is 19.3 Å². The number of nitrogens with one attached hydrogen (secondary N) is 1. The third-order valence-corrected chi connectivity index (χ3v) is 5.13. The fraction of sp³-hybridized carbons (Fsp3) is 0.429. The molecule has 2 aromatic carbocycles. The lowest BCUT2D eigenvalue weighted by atomic mass is 9.77. The zero-order valence-electron chi connectivity index (χ0n) is 15.6. The Kier molecular flexibility index (Phi) is 5.69. The van der Waals surface area contributed by atoms with Gasteiger partial charge in [-0.2, -0.15) is 0 Å². The van der Waals surface area contributed by atoms with Crippen molar-refractivity contribution in [2.24, 2.45) is 0 Å². The van der Waals surface area contributed by atoms with Crippen LogP contribution in [0.3, 0.4) is 0 Å². The van der Waals surface area contributed by atoms with Gasteiger partial charge in [0.25, 0.3) is 0 Å². The fourth-order valence-corrected chi connectivity index (χ4v) is 3.77. The van der Waals surface area contributed by atoms with Gasteiger partial charge in [-0.25, -0.2) is 0 Å². The molecule has 0 radical (unpaired) electrons. The van der Waals surface area contributed by atoms with E-state index >= 15 is 0 Å². The maximum Gasteiger partial charge on any atom is 0.203 e. The van der Waals surface area contributed by atoms with Crippen molar-refractivity contribution in [3.63, 3.8) is 0 Å². The van der Waals surface area contributed by atoms with E-state index in [4.69, 9.17) is 14.2 Å². The predicted octanol–water partition coefficient (Wildman–Crippen LogP) is 3.09. The Labute approximate surface area is 154 Å². The number of hydrogen-bond acceptors (Lipinski definition) is 5. The van der Waals surface area contributed by atoms with Crippen LogP contribution in [0.1, 0.15) is 30.4 Å². The fourth-order valence-electron chi connectivity index (χ4n) is 3.77. The Hall–Kier alpha value is -2.24. The van der Waals surface area contributed by atoms with E-state index in [1.165, 1.54) is 0 Å². The zero-order valence-corrected chi connectivity index (χ0v) is 15.6. The van der Waals surface area contributed by atoms with Crippen LogP contribution in [0.4, 0.5) is 0 Å². The van der Waals surface area contributed by atoms with Crippen LogP contribution in [0.5, 0.6) is 17.2 Å². The summed E-state index contributed by atoms with van der Waals surface area (Å²) in [6.45, 7) is 0.893. The number of ether oxygens (including phenoxy) is 3. The van der Waals surface area contributed by atoms with Gasteiger partial charge >= 0.3 is 0 Å². The van der Waals surface area contributed by atoms with Gasteiger partial charge in [0.05, 0.1) is 21.3 Å². The van der Waals surface area contributed by atoms with E-state index in [1.807, 2.05) is 42.5 Å². The highest BCUT2D eigenvalue weighted by molar-refractivity contribution is 5.56. The quantitative estimate of drug-likeness (QED) is 0.832. The van der Waals surface area contributed by atoms with Gasteiger partial charge in [0.1, 0.15) is 5.60 Å². The number of benzene rings is 2. The van der Waals surface area contributed by atoms with Crippen molar-refractivity contribution in [3.8, 4) is 17.2 Å².